The van der Waals surface area contributed by atoms with Crippen LogP contribution in [0, 0.1) is 40.4 Å². The molecule has 8 aromatic rings. The fourth-order valence-corrected chi connectivity index (χ4v) is 10.5. The second kappa shape index (κ2) is 23.9. The summed E-state index contributed by atoms with van der Waals surface area (Å²) in [5.74, 6) is 4.92. The van der Waals surface area contributed by atoms with Crippen LogP contribution in [0.5, 0.6) is 0 Å². The molecule has 0 bridgehead atoms. The van der Waals surface area contributed by atoms with Gasteiger partial charge in [0.05, 0.1) is 0 Å². The average Bonchev–Trinajstić information content (AvgIpc) is 3.92. The Hall–Kier alpha value is -6.71. The van der Waals surface area contributed by atoms with Crippen LogP contribution in [0.1, 0.15) is 138 Å². The Morgan fingerprint density at radius 1 is 0.493 bits per heavy atom. The van der Waals surface area contributed by atoms with Crippen molar-refractivity contribution >= 4 is 46.0 Å². The van der Waals surface area contributed by atoms with E-state index in [1.807, 2.05) is 13.0 Å². The molecular formula is C65H74IrN8O-2. The average molecular weight is 1180 g/mol. The fraction of sp³-hybridized carbons (Fsp3) is 0.308. The maximum atomic E-state index is 6.44. The Morgan fingerprint density at radius 2 is 0.907 bits per heavy atom. The first-order valence-corrected chi connectivity index (χ1v) is 25.9. The van der Waals surface area contributed by atoms with E-state index in [2.05, 4.69) is 230 Å². The molecule has 75 heavy (non-hydrogen) atoms. The van der Waals surface area contributed by atoms with Gasteiger partial charge in [-0.1, -0.05) is 123 Å². The minimum Gasteiger partial charge on any atom is -0.477 e. The predicted octanol–water partition coefficient (Wildman–Crippen LogP) is 17.5. The van der Waals surface area contributed by atoms with Crippen molar-refractivity contribution in [2.24, 2.45) is 0 Å². The molecule has 10 rings (SSSR count). The van der Waals surface area contributed by atoms with E-state index < -0.39 is 6.35 Å². The van der Waals surface area contributed by atoms with Crippen LogP contribution >= 0.6 is 0 Å². The molecule has 0 spiro atoms. The van der Waals surface area contributed by atoms with Gasteiger partial charge >= 0.3 is 0 Å². The molecule has 6 aromatic carbocycles. The van der Waals surface area contributed by atoms with Crippen molar-refractivity contribution in [3.05, 3.63) is 197 Å². The van der Waals surface area contributed by atoms with Gasteiger partial charge in [-0.25, -0.2) is 19.9 Å². The van der Waals surface area contributed by atoms with Gasteiger partial charge in [-0.2, -0.15) is 18.2 Å². The largest absolute Gasteiger partial charge is 0.477 e. The van der Waals surface area contributed by atoms with Crippen LogP contribution in [0.2, 0.25) is 0 Å². The molecule has 391 valence electrons. The number of benzene rings is 6. The fourth-order valence-electron chi connectivity index (χ4n) is 10.5. The molecule has 10 heteroatoms. The SMILES string of the molecule is C.CCOC1N(c2cc(C)cc(C)c2)c2nccnc2N1c1cccc(-c2c(C(C)C)cccc2C(C)C)c1.Cc1cc(C)cc(N2[CH-]N(c3[c-]ccc(-c4c(C(C)C)cccc4C(C)C)c3)c3nccnc32)c1.[Ir]. The van der Waals surface area contributed by atoms with E-state index in [4.69, 9.17) is 19.7 Å². The molecule has 0 saturated heterocycles. The number of rotatable bonds is 12. The Labute approximate surface area is 461 Å². The molecule has 2 aliphatic heterocycles. The molecule has 1 radical (unpaired) electrons. The van der Waals surface area contributed by atoms with Gasteiger partial charge in [-0.15, -0.1) is 24.0 Å². The van der Waals surface area contributed by atoms with Gasteiger partial charge in [-0.3, -0.25) is 9.80 Å². The van der Waals surface area contributed by atoms with Gasteiger partial charge < -0.3 is 14.5 Å². The van der Waals surface area contributed by atoms with Gasteiger partial charge in [-0.05, 0) is 156 Å². The number of aryl methyl sites for hydroxylation is 4. The van der Waals surface area contributed by atoms with Crippen molar-refractivity contribution in [1.29, 1.82) is 0 Å². The summed E-state index contributed by atoms with van der Waals surface area (Å²) in [6.07, 6.45) is 6.61. The minimum absolute atomic E-state index is 0. The van der Waals surface area contributed by atoms with Crippen LogP contribution < -0.4 is 19.6 Å². The standard InChI is InChI=1S/C33H38N4O.C31H32N4.CH4.Ir/c1-8-38-33-36(31-32(35-16-15-34-31)37(33)27-18-23(6)17-24(7)19-27)26-12-9-11-25(20-26)30-28(21(2)3)13-10-14-29(30)22(4)5;1-20(2)27-11-8-12-28(21(3)4)29(27)24-9-7-10-25(18-24)34-19-35(31-30(34)32-13-14-33-31)26-16-22(5)15-23(6)17-26;;/h9-22,33H,8H2,1-7H3;7-9,11-21H,1-6H3;1H4;/q;-2;;. The number of hydrogen-bond acceptors (Lipinski definition) is 9. The molecular weight excluding hydrogens is 1100 g/mol. The maximum absolute atomic E-state index is 6.44. The Balaban J connectivity index is 0.000000214. The maximum Gasteiger partial charge on any atom is 0.221 e. The molecule has 1 atom stereocenters. The van der Waals surface area contributed by atoms with E-state index >= 15 is 0 Å². The van der Waals surface area contributed by atoms with Crippen LogP contribution in [0.4, 0.5) is 46.0 Å². The summed E-state index contributed by atoms with van der Waals surface area (Å²) in [5.41, 5.74) is 19.5. The van der Waals surface area contributed by atoms with Gasteiger partial charge in [0, 0.05) is 68.6 Å². The zero-order valence-corrected chi connectivity index (χ0v) is 47.7. The number of aromatic nitrogens is 4. The molecule has 0 amide bonds. The summed E-state index contributed by atoms with van der Waals surface area (Å²) in [4.78, 5) is 27.5. The molecule has 2 aromatic heterocycles. The van der Waals surface area contributed by atoms with Crippen molar-refractivity contribution in [1.82, 2.24) is 19.9 Å². The summed E-state index contributed by atoms with van der Waals surface area (Å²) >= 11 is 0. The van der Waals surface area contributed by atoms with Gasteiger partial charge in [0.1, 0.15) is 11.6 Å². The van der Waals surface area contributed by atoms with E-state index in [-0.39, 0.29) is 27.5 Å². The molecule has 4 heterocycles. The van der Waals surface area contributed by atoms with Gasteiger partial charge in [0.15, 0.2) is 11.6 Å². The quantitative estimate of drug-likeness (QED) is 0.111. The number of fused-ring (bicyclic) bond motifs is 2. The Bertz CT molecular complexity index is 3160. The number of ether oxygens (including phenoxy) is 1. The van der Waals surface area contributed by atoms with E-state index in [1.165, 1.54) is 66.8 Å². The molecule has 0 N–H and O–H groups in total. The third kappa shape index (κ3) is 11.4. The Morgan fingerprint density at radius 3 is 1.37 bits per heavy atom. The van der Waals surface area contributed by atoms with Crippen molar-refractivity contribution < 1.29 is 24.8 Å². The van der Waals surface area contributed by atoms with Crippen LogP contribution in [0.25, 0.3) is 22.3 Å². The summed E-state index contributed by atoms with van der Waals surface area (Å²) in [7, 11) is 0. The zero-order chi connectivity index (χ0) is 51.7. The third-order valence-corrected chi connectivity index (χ3v) is 13.7. The van der Waals surface area contributed by atoms with Crippen LogP contribution in [0.3, 0.4) is 0 Å². The molecule has 9 nitrogen and oxygen atoms in total. The third-order valence-electron chi connectivity index (χ3n) is 13.7. The van der Waals surface area contributed by atoms with Gasteiger partial charge in [0.2, 0.25) is 6.35 Å². The van der Waals surface area contributed by atoms with Crippen molar-refractivity contribution in [2.75, 3.05) is 26.2 Å². The van der Waals surface area contributed by atoms with E-state index in [9.17, 15) is 0 Å². The Kier molecular flexibility index (Phi) is 17.8. The van der Waals surface area contributed by atoms with Gasteiger partial charge in [0.25, 0.3) is 0 Å². The minimum atomic E-state index is -0.404. The van der Waals surface area contributed by atoms with E-state index in [1.54, 1.807) is 24.8 Å². The molecule has 1 unspecified atom stereocenters. The van der Waals surface area contributed by atoms with E-state index in [0.29, 0.717) is 30.3 Å². The number of hydrogen-bond donors (Lipinski definition) is 0. The first-order valence-electron chi connectivity index (χ1n) is 25.9. The molecule has 2 aliphatic rings. The summed E-state index contributed by atoms with van der Waals surface area (Å²) in [6.45, 7) is 31.3. The predicted molar refractivity (Wildman–Crippen MR) is 310 cm³/mol. The summed E-state index contributed by atoms with van der Waals surface area (Å²) in [6, 6.07) is 45.2. The summed E-state index contributed by atoms with van der Waals surface area (Å²) in [5, 5.41) is 0. The van der Waals surface area contributed by atoms with Crippen LogP contribution in [-0.4, -0.2) is 32.9 Å². The zero-order valence-electron chi connectivity index (χ0n) is 45.3. The van der Waals surface area contributed by atoms with Crippen molar-refractivity contribution in [3.63, 3.8) is 0 Å². The topological polar surface area (TPSA) is 73.8 Å². The number of nitrogens with zero attached hydrogens (tertiary/aromatic N) is 8. The smallest absolute Gasteiger partial charge is 0.221 e. The molecule has 0 fully saturated rings. The van der Waals surface area contributed by atoms with Crippen molar-refractivity contribution in [3.8, 4) is 22.3 Å². The monoisotopic (exact) mass is 1180 g/mol. The molecule has 0 aliphatic carbocycles. The van der Waals surface area contributed by atoms with Crippen LogP contribution in [0.15, 0.2) is 140 Å². The van der Waals surface area contributed by atoms with Crippen LogP contribution in [-0.2, 0) is 24.8 Å². The normalized spacial score (nSPS) is 13.7. The number of anilines is 8. The van der Waals surface area contributed by atoms with Crippen molar-refractivity contribution in [2.45, 2.75) is 127 Å². The second-order valence-electron chi connectivity index (χ2n) is 20.7. The summed E-state index contributed by atoms with van der Waals surface area (Å²) < 4.78 is 6.44. The molecule has 0 saturated carbocycles. The van der Waals surface area contributed by atoms with E-state index in [0.717, 1.165) is 46.0 Å². The first-order chi connectivity index (χ1) is 35.1. The first kappa shape index (κ1) is 56.0. The second-order valence-corrected chi connectivity index (χ2v) is 20.7.